The SMILES string of the molecule is CN[C@H](CSCC1O[C@H]2O[C@@H]3C(CO)O[C@H](O[C@@H]4C(CO)O[C@H](O[C@@H]5C(CO)O[C@H](O[C@@H]6C(CSC[C@@H](CC(=O)CCOCCOCCC(C)=O)C(=O)O)O[C@H](O[C@@H]7C(CO)O[C@@H](C[C@@H]8C(CO)O[C@@H](O[C@H]1[C@H](O)C2O)C(O)[C@H]8O)C(O)[C@H]7O)C(O)[C@H]6O)C(O)[C@H]5O)C(O)[C@H]4O)C(O)[C@H]3O)C(=O)O. The van der Waals surface area contributed by atoms with Gasteiger partial charge in [-0.25, -0.2) is 0 Å². The van der Waals surface area contributed by atoms with Crippen LogP contribution in [0.3, 0.4) is 0 Å². The Hall–Kier alpha value is -2.42. The molecule has 0 radical (unpaired) electrons. The molecule has 21 aliphatic rings. The van der Waals surface area contributed by atoms with Crippen LogP contribution in [0.15, 0.2) is 0 Å². The van der Waals surface area contributed by atoms with Crippen LogP contribution in [0.4, 0.5) is 0 Å². The topological polar surface area (TPSA) is 644 Å². The third-order valence-electron chi connectivity index (χ3n) is 19.1. The Labute approximate surface area is 596 Å². The third-order valence-corrected chi connectivity index (χ3v) is 21.5. The van der Waals surface area contributed by atoms with Crippen LogP contribution in [-0.4, -0.2) is 435 Å². The van der Waals surface area contributed by atoms with Gasteiger partial charge in [0, 0.05) is 48.2 Å². The van der Waals surface area contributed by atoms with Gasteiger partial charge in [-0.1, -0.05) is 0 Å². The van der Waals surface area contributed by atoms with E-state index in [1.165, 1.54) is 14.0 Å². The predicted molar refractivity (Wildman–Crippen MR) is 335 cm³/mol. The average Bonchev–Trinajstić information content (AvgIpc) is 0.785. The van der Waals surface area contributed by atoms with E-state index in [0.717, 1.165) is 23.5 Å². The van der Waals surface area contributed by atoms with E-state index < -0.39 is 296 Å². The summed E-state index contributed by atoms with van der Waals surface area (Å²) in [6.07, 6.45) is -69.6. The number of aliphatic hydroxyl groups excluding tert-OH is 19. The molecule has 41 nitrogen and oxygen atoms in total. The molecular formula is C60H99NO40S2. The van der Waals surface area contributed by atoms with Gasteiger partial charge < -0.3 is 184 Å². The lowest BCUT2D eigenvalue weighted by Crippen LogP contribution is -2.68. The Morgan fingerprint density at radius 3 is 1.06 bits per heavy atom. The minimum absolute atomic E-state index is 0.0701. The molecule has 22 N–H and O–H groups in total. The monoisotopic (exact) mass is 1540 g/mol. The molecule has 0 spiro atoms. The van der Waals surface area contributed by atoms with Gasteiger partial charge in [0.25, 0.3) is 0 Å². The second-order valence-corrected chi connectivity index (χ2v) is 28.4. The van der Waals surface area contributed by atoms with E-state index in [1.807, 2.05) is 0 Å². The van der Waals surface area contributed by atoms with E-state index in [2.05, 4.69) is 5.32 Å². The molecule has 0 amide bonds. The van der Waals surface area contributed by atoms with Crippen molar-refractivity contribution in [3.63, 3.8) is 0 Å². The molecule has 0 aromatic rings. The van der Waals surface area contributed by atoms with E-state index in [9.17, 15) is 126 Å². The Bertz CT molecular complexity index is 2610. The summed E-state index contributed by atoms with van der Waals surface area (Å²) in [5, 5.41) is 240. The lowest BCUT2D eigenvalue weighted by molar-refractivity contribution is -0.395. The summed E-state index contributed by atoms with van der Waals surface area (Å²) >= 11 is 1.70. The maximum Gasteiger partial charge on any atom is 0.321 e. The number of carbonyl (C=O) groups is 4. The van der Waals surface area contributed by atoms with Gasteiger partial charge in [0.2, 0.25) is 0 Å². The minimum Gasteiger partial charge on any atom is -0.481 e. The van der Waals surface area contributed by atoms with Crippen molar-refractivity contribution in [3.8, 4) is 0 Å². The lowest BCUT2D eigenvalue weighted by Gasteiger charge is -2.50. The summed E-state index contributed by atoms with van der Waals surface area (Å²) in [6, 6.07) is -1.17. The second-order valence-electron chi connectivity index (χ2n) is 26.2. The van der Waals surface area contributed by atoms with E-state index in [4.69, 9.17) is 71.1 Å². The molecule has 0 aliphatic carbocycles. The van der Waals surface area contributed by atoms with Crippen molar-refractivity contribution in [1.82, 2.24) is 5.32 Å². The fraction of sp³-hybridized carbons (Fsp3) is 0.933. The number of hydrogen-bond donors (Lipinski definition) is 22. The van der Waals surface area contributed by atoms with E-state index in [0.29, 0.717) is 0 Å². The smallest absolute Gasteiger partial charge is 0.321 e. The number of hydrogen-bond acceptors (Lipinski definition) is 41. The molecule has 596 valence electrons. The highest BCUT2D eigenvalue weighted by molar-refractivity contribution is 7.99. The molecule has 21 aliphatic heterocycles. The number of Topliss-reactive ketones (excluding diaryl/α,β-unsaturated/α-hetero) is 2. The van der Waals surface area contributed by atoms with Crippen LogP contribution in [-0.2, 0) is 90.2 Å². The number of rotatable bonds is 27. The van der Waals surface area contributed by atoms with Crippen molar-refractivity contribution in [2.75, 3.05) is 89.5 Å². The molecule has 14 unspecified atom stereocenters. The average molecular weight is 1540 g/mol. The van der Waals surface area contributed by atoms with E-state index in [-0.39, 0.29) is 62.3 Å². The van der Waals surface area contributed by atoms with Crippen LogP contribution in [0.2, 0.25) is 0 Å². The number of likely N-dealkylation sites (N-methyl/N-ethyl adjacent to an activating group) is 1. The van der Waals surface area contributed by atoms with Crippen molar-refractivity contribution in [2.45, 2.75) is 247 Å². The van der Waals surface area contributed by atoms with E-state index >= 15 is 0 Å². The van der Waals surface area contributed by atoms with Crippen molar-refractivity contribution in [2.24, 2.45) is 11.8 Å². The summed E-state index contributed by atoms with van der Waals surface area (Å²) in [5.74, 6) is -7.43. The molecule has 21 heterocycles. The fourth-order valence-electron chi connectivity index (χ4n) is 13.2. The lowest BCUT2D eigenvalue weighted by atomic mass is 9.81. The highest BCUT2D eigenvalue weighted by Gasteiger charge is 2.60. The maximum atomic E-state index is 13.0. The van der Waals surface area contributed by atoms with Gasteiger partial charge in [0.1, 0.15) is 158 Å². The number of aliphatic hydroxyl groups is 19. The largest absolute Gasteiger partial charge is 0.481 e. The first-order valence-corrected chi connectivity index (χ1v) is 35.9. The first-order chi connectivity index (χ1) is 49.0. The molecule has 0 saturated carbocycles. The van der Waals surface area contributed by atoms with Gasteiger partial charge in [-0.05, 0) is 20.4 Å². The second kappa shape index (κ2) is 40.0. The van der Waals surface area contributed by atoms with Crippen LogP contribution in [0.1, 0.15) is 32.6 Å². The van der Waals surface area contributed by atoms with Gasteiger partial charge >= 0.3 is 11.9 Å². The third kappa shape index (κ3) is 21.0. The fourth-order valence-corrected chi connectivity index (χ4v) is 15.5. The van der Waals surface area contributed by atoms with Crippen molar-refractivity contribution >= 4 is 47.0 Å². The molecule has 103 heavy (non-hydrogen) atoms. The minimum atomic E-state index is -2.30. The predicted octanol–water partition coefficient (Wildman–Crippen LogP) is -12.4. The Morgan fingerprint density at radius 2 is 0.709 bits per heavy atom. The molecular weight excluding hydrogens is 1440 g/mol. The van der Waals surface area contributed by atoms with Crippen LogP contribution in [0.25, 0.3) is 0 Å². The van der Waals surface area contributed by atoms with Crippen molar-refractivity contribution in [3.05, 3.63) is 0 Å². The number of carboxylic acid groups (broad SMARTS) is 2. The Balaban J connectivity index is 1.08. The quantitative estimate of drug-likeness (QED) is 0.0340. The molecule has 43 heteroatoms. The van der Waals surface area contributed by atoms with Gasteiger partial charge in [0.05, 0.1) is 95.9 Å². The van der Waals surface area contributed by atoms with Gasteiger partial charge in [-0.2, -0.15) is 23.5 Å². The zero-order valence-corrected chi connectivity index (χ0v) is 57.5. The molecule has 0 aromatic carbocycles. The van der Waals surface area contributed by atoms with Crippen LogP contribution < -0.4 is 5.32 Å². The van der Waals surface area contributed by atoms with Crippen LogP contribution in [0.5, 0.6) is 0 Å². The highest BCUT2D eigenvalue weighted by Crippen LogP contribution is 2.41. The zero-order valence-electron chi connectivity index (χ0n) is 55.8. The molecule has 21 saturated heterocycles. The van der Waals surface area contributed by atoms with E-state index in [1.54, 1.807) is 0 Å². The van der Waals surface area contributed by atoms with Gasteiger partial charge in [-0.15, -0.1) is 0 Å². The number of carboxylic acids is 2. The molecule has 21 fully saturated rings. The molecule has 0 aromatic heterocycles. The zero-order chi connectivity index (χ0) is 75.4. The summed E-state index contributed by atoms with van der Waals surface area (Å²) < 4.78 is 88.0. The molecule has 14 bridgehead atoms. The number of nitrogens with one attached hydrogen (secondary N) is 1. The van der Waals surface area contributed by atoms with Crippen LogP contribution >= 0.6 is 23.5 Å². The Morgan fingerprint density at radius 1 is 0.388 bits per heavy atom. The number of ether oxygens (including phenoxy) is 15. The number of carbonyl (C=O) groups excluding carboxylic acids is 2. The summed E-state index contributed by atoms with van der Waals surface area (Å²) in [5.41, 5.74) is 0. The maximum absolute atomic E-state index is 13.0. The first kappa shape index (κ1) is 86.2. The molecule has 37 atom stereocenters. The summed E-state index contributed by atoms with van der Waals surface area (Å²) in [6.45, 7) is -3.65. The van der Waals surface area contributed by atoms with Gasteiger partial charge in [0.15, 0.2) is 37.7 Å². The number of thioether (sulfide) groups is 2. The highest BCUT2D eigenvalue weighted by atomic mass is 32.2. The summed E-state index contributed by atoms with van der Waals surface area (Å²) in [7, 11) is 1.36. The standard InChI is InChI=1S/C60H99NO40S2/c1-20(67)3-5-87-7-8-88-6-4-22(68)9-21(53(83)84)16-102-18-31-51-39(75)45(81)59(94-31)96-47-27(12-63)89-25(34(70)35(47)71)10-23-26(11-62)90-55(41(77)33(23)69)100-52-32(19-103-17-24(61-2)54(85)86)95-60(46(82)40(52)76)99-50-30(15-66)92-57(43(79)37(50)73)97-48-28(13-64)91-56(42(78)36(48)72)98-49-29(14-65)93-58(101-51)44(80)38(49)74/h21,23-52,55-66,69-82H,3-19H2,1-2H3,(H,83,84)(H,85,86)/t21-,23-,24-,25+,26?,27?,28?,29?,30?,31?,32?,33+,34?,35-,36-,37-,38-,39-,40-,41?,42?,43?,44?,45?,46?,47-,48-,49-,50-,51-,52-,55+,56-,57-,58-,59-,60+/m1/s1. The Kier molecular flexibility index (Phi) is 33.5. The normalized spacial score (nSPS) is 44.9. The number of ketones is 2. The summed E-state index contributed by atoms with van der Waals surface area (Å²) in [4.78, 5) is 48.8. The first-order valence-electron chi connectivity index (χ1n) is 33.6. The van der Waals surface area contributed by atoms with Crippen LogP contribution in [0, 0.1) is 11.8 Å². The molecule has 21 rings (SSSR count). The number of aliphatic carboxylic acids is 2. The van der Waals surface area contributed by atoms with Gasteiger partial charge in [-0.3, -0.25) is 19.2 Å². The van der Waals surface area contributed by atoms with Crippen molar-refractivity contribution in [1.29, 1.82) is 0 Å². The van der Waals surface area contributed by atoms with Crippen molar-refractivity contribution < 1.29 is 197 Å².